The van der Waals surface area contributed by atoms with Crippen molar-refractivity contribution in [1.82, 2.24) is 0 Å². The zero-order valence-electron chi connectivity index (χ0n) is 9.91. The van der Waals surface area contributed by atoms with Crippen LogP contribution in [-0.2, 0) is 6.42 Å². The van der Waals surface area contributed by atoms with Gasteiger partial charge in [-0.2, -0.15) is 0 Å². The van der Waals surface area contributed by atoms with Crippen molar-refractivity contribution in [2.45, 2.75) is 44.4 Å². The van der Waals surface area contributed by atoms with Gasteiger partial charge in [0.1, 0.15) is 0 Å². The minimum Gasteiger partial charge on any atom is -0.330 e. The molecule has 2 saturated carbocycles. The highest BCUT2D eigenvalue weighted by Crippen LogP contribution is 2.44. The molecular formula is C15H21N. The SMILES string of the molecule is NCC1(Cc2cccc(C3CC3)c2)CCC1. The molecular weight excluding hydrogens is 194 g/mol. The van der Waals surface area contributed by atoms with Gasteiger partial charge in [-0.05, 0) is 61.1 Å². The Kier molecular flexibility index (Phi) is 2.51. The van der Waals surface area contributed by atoms with Crippen LogP contribution in [0.1, 0.15) is 49.1 Å². The second-order valence-corrected chi connectivity index (χ2v) is 5.75. The first kappa shape index (κ1) is 10.3. The summed E-state index contributed by atoms with van der Waals surface area (Å²) >= 11 is 0. The molecule has 0 aromatic heterocycles. The molecule has 0 bridgehead atoms. The van der Waals surface area contributed by atoms with Crippen LogP contribution in [0.5, 0.6) is 0 Å². The summed E-state index contributed by atoms with van der Waals surface area (Å²) in [6, 6.07) is 9.22. The summed E-state index contributed by atoms with van der Waals surface area (Å²) in [6.07, 6.45) is 8.02. The Morgan fingerprint density at radius 1 is 1.25 bits per heavy atom. The Balaban J connectivity index is 1.75. The molecule has 2 aliphatic rings. The maximum Gasteiger partial charge on any atom is -0.00173 e. The Bertz CT molecular complexity index is 369. The highest BCUT2D eigenvalue weighted by molar-refractivity contribution is 5.30. The van der Waals surface area contributed by atoms with Crippen LogP contribution >= 0.6 is 0 Å². The van der Waals surface area contributed by atoms with E-state index in [-0.39, 0.29) is 0 Å². The first-order chi connectivity index (χ1) is 7.81. The van der Waals surface area contributed by atoms with Gasteiger partial charge in [0.05, 0.1) is 0 Å². The number of benzene rings is 1. The Hall–Kier alpha value is -0.820. The van der Waals surface area contributed by atoms with E-state index < -0.39 is 0 Å². The number of hydrogen-bond acceptors (Lipinski definition) is 1. The monoisotopic (exact) mass is 215 g/mol. The van der Waals surface area contributed by atoms with Crippen LogP contribution in [-0.4, -0.2) is 6.54 Å². The van der Waals surface area contributed by atoms with Crippen molar-refractivity contribution in [3.63, 3.8) is 0 Å². The lowest BCUT2D eigenvalue weighted by Gasteiger charge is -2.41. The van der Waals surface area contributed by atoms with E-state index in [1.165, 1.54) is 44.1 Å². The van der Waals surface area contributed by atoms with Crippen molar-refractivity contribution >= 4 is 0 Å². The summed E-state index contributed by atoms with van der Waals surface area (Å²) in [7, 11) is 0. The molecule has 16 heavy (non-hydrogen) atoms. The van der Waals surface area contributed by atoms with E-state index in [0.717, 1.165) is 12.5 Å². The molecule has 0 spiro atoms. The van der Waals surface area contributed by atoms with Gasteiger partial charge in [0.15, 0.2) is 0 Å². The highest BCUT2D eigenvalue weighted by atomic mass is 14.6. The molecule has 0 saturated heterocycles. The molecule has 2 N–H and O–H groups in total. The number of nitrogens with two attached hydrogens (primary N) is 1. The zero-order valence-corrected chi connectivity index (χ0v) is 9.91. The summed E-state index contributed by atoms with van der Waals surface area (Å²) in [6.45, 7) is 0.862. The Morgan fingerprint density at radius 2 is 2.06 bits per heavy atom. The molecule has 1 nitrogen and oxygen atoms in total. The smallest absolute Gasteiger partial charge is 0.00173 e. The molecule has 86 valence electrons. The number of hydrogen-bond donors (Lipinski definition) is 1. The molecule has 1 heteroatoms. The van der Waals surface area contributed by atoms with E-state index in [4.69, 9.17) is 5.73 Å². The third-order valence-corrected chi connectivity index (χ3v) is 4.43. The fourth-order valence-electron chi connectivity index (χ4n) is 2.94. The molecule has 2 fully saturated rings. The van der Waals surface area contributed by atoms with Gasteiger partial charge in [-0.15, -0.1) is 0 Å². The van der Waals surface area contributed by atoms with Gasteiger partial charge in [-0.3, -0.25) is 0 Å². The van der Waals surface area contributed by atoms with Gasteiger partial charge in [-0.25, -0.2) is 0 Å². The lowest BCUT2D eigenvalue weighted by atomic mass is 9.65. The lowest BCUT2D eigenvalue weighted by molar-refractivity contribution is 0.145. The Morgan fingerprint density at radius 3 is 2.62 bits per heavy atom. The normalized spacial score (nSPS) is 22.8. The molecule has 1 aromatic carbocycles. The molecule has 0 amide bonds. The average Bonchev–Trinajstić information content (AvgIpc) is 3.08. The fourth-order valence-corrected chi connectivity index (χ4v) is 2.94. The second-order valence-electron chi connectivity index (χ2n) is 5.75. The molecule has 0 atom stereocenters. The Labute approximate surface area is 98.0 Å². The standard InChI is InChI=1S/C15H21N/c16-11-15(7-2-8-15)10-12-3-1-4-14(9-12)13-5-6-13/h1,3-4,9,13H,2,5-8,10-11,16H2. The van der Waals surface area contributed by atoms with E-state index in [1.54, 1.807) is 5.56 Å². The fraction of sp³-hybridized carbons (Fsp3) is 0.600. The minimum absolute atomic E-state index is 0.447. The van der Waals surface area contributed by atoms with Crippen molar-refractivity contribution in [3.8, 4) is 0 Å². The second kappa shape index (κ2) is 3.89. The molecule has 3 rings (SSSR count). The lowest BCUT2D eigenvalue weighted by Crippen LogP contribution is -2.39. The van der Waals surface area contributed by atoms with Gasteiger partial charge >= 0.3 is 0 Å². The van der Waals surface area contributed by atoms with E-state index in [0.29, 0.717) is 5.41 Å². The summed E-state index contributed by atoms with van der Waals surface area (Å²) in [5.41, 5.74) is 9.44. The first-order valence-corrected chi connectivity index (χ1v) is 6.60. The van der Waals surface area contributed by atoms with Crippen LogP contribution in [0, 0.1) is 5.41 Å². The molecule has 0 aliphatic heterocycles. The predicted molar refractivity (Wildman–Crippen MR) is 67.5 cm³/mol. The first-order valence-electron chi connectivity index (χ1n) is 6.60. The van der Waals surface area contributed by atoms with E-state index >= 15 is 0 Å². The third kappa shape index (κ3) is 1.89. The van der Waals surface area contributed by atoms with Crippen LogP contribution in [0.15, 0.2) is 24.3 Å². The van der Waals surface area contributed by atoms with Crippen molar-refractivity contribution < 1.29 is 0 Å². The largest absolute Gasteiger partial charge is 0.330 e. The van der Waals surface area contributed by atoms with Crippen LogP contribution in [0.4, 0.5) is 0 Å². The van der Waals surface area contributed by atoms with Crippen molar-refractivity contribution in [3.05, 3.63) is 35.4 Å². The van der Waals surface area contributed by atoms with Crippen molar-refractivity contribution in [2.24, 2.45) is 11.1 Å². The van der Waals surface area contributed by atoms with Gasteiger partial charge < -0.3 is 5.73 Å². The van der Waals surface area contributed by atoms with Gasteiger partial charge in [0, 0.05) is 0 Å². The van der Waals surface area contributed by atoms with Crippen molar-refractivity contribution in [1.29, 1.82) is 0 Å². The summed E-state index contributed by atoms with van der Waals surface area (Å²) in [4.78, 5) is 0. The third-order valence-electron chi connectivity index (χ3n) is 4.43. The van der Waals surface area contributed by atoms with E-state index in [2.05, 4.69) is 24.3 Å². The van der Waals surface area contributed by atoms with Gasteiger partial charge in [0.2, 0.25) is 0 Å². The maximum atomic E-state index is 5.93. The number of rotatable bonds is 4. The zero-order chi connectivity index (χ0) is 11.0. The molecule has 1 aromatic rings. The molecule has 0 radical (unpaired) electrons. The highest BCUT2D eigenvalue weighted by Gasteiger charge is 2.35. The van der Waals surface area contributed by atoms with Crippen LogP contribution in [0.3, 0.4) is 0 Å². The van der Waals surface area contributed by atoms with Gasteiger partial charge in [-0.1, -0.05) is 30.7 Å². The predicted octanol–water partition coefficient (Wildman–Crippen LogP) is 3.24. The van der Waals surface area contributed by atoms with E-state index in [1.807, 2.05) is 0 Å². The van der Waals surface area contributed by atoms with Crippen LogP contribution < -0.4 is 5.73 Å². The quantitative estimate of drug-likeness (QED) is 0.820. The minimum atomic E-state index is 0.447. The van der Waals surface area contributed by atoms with Crippen molar-refractivity contribution in [2.75, 3.05) is 6.54 Å². The summed E-state index contributed by atoms with van der Waals surface area (Å²) in [5, 5.41) is 0. The summed E-state index contributed by atoms with van der Waals surface area (Å²) in [5.74, 6) is 0.871. The van der Waals surface area contributed by atoms with Crippen LogP contribution in [0.25, 0.3) is 0 Å². The summed E-state index contributed by atoms with van der Waals surface area (Å²) < 4.78 is 0. The topological polar surface area (TPSA) is 26.0 Å². The maximum absolute atomic E-state index is 5.93. The molecule has 0 unspecified atom stereocenters. The average molecular weight is 215 g/mol. The van der Waals surface area contributed by atoms with Gasteiger partial charge in [0.25, 0.3) is 0 Å². The molecule has 2 aliphatic carbocycles. The van der Waals surface area contributed by atoms with Crippen LogP contribution in [0.2, 0.25) is 0 Å². The van der Waals surface area contributed by atoms with E-state index in [9.17, 15) is 0 Å². The molecule has 0 heterocycles.